The van der Waals surface area contributed by atoms with Crippen LogP contribution >= 0.6 is 23.8 Å². The number of alkyl halides is 1. The van der Waals surface area contributed by atoms with Gasteiger partial charge in [-0.25, -0.2) is 0 Å². The summed E-state index contributed by atoms with van der Waals surface area (Å²) >= 11 is 8.83. The van der Waals surface area contributed by atoms with Crippen molar-refractivity contribution in [1.82, 2.24) is 0 Å². The van der Waals surface area contributed by atoms with E-state index in [-0.39, 0.29) is 11.0 Å². The van der Waals surface area contributed by atoms with Gasteiger partial charge in [0.2, 0.25) is 0 Å². The molecule has 0 bridgehead atoms. The molecular formula is C3H7ClN2O2S. The maximum atomic E-state index is 9.24. The van der Waals surface area contributed by atoms with Gasteiger partial charge >= 0.3 is 5.97 Å². The second kappa shape index (κ2) is 7.45. The standard InChI is InChI=1S/C2H3ClO2.CH4N2S/c3-1-2(4)5;2-1(3)4/h1H2,(H,4,5);(H4,2,3,4). The average Bonchev–Trinajstić information content (AvgIpc) is 1.65. The Balaban J connectivity index is 0. The maximum Gasteiger partial charge on any atom is 0.318 e. The predicted octanol–water partition coefficient (Wildman–Crippen LogP) is -0.502. The number of carboxylic acid groups (broad SMARTS) is 1. The third kappa shape index (κ3) is 105. The largest absolute Gasteiger partial charge is 0.480 e. The number of hydrogen-bond donors (Lipinski definition) is 3. The number of rotatable bonds is 1. The molecule has 0 unspecified atom stereocenters. The molecule has 0 spiro atoms. The maximum absolute atomic E-state index is 9.24. The van der Waals surface area contributed by atoms with Crippen LogP contribution < -0.4 is 11.5 Å². The number of halogens is 1. The molecular weight excluding hydrogens is 164 g/mol. The minimum atomic E-state index is -0.980. The summed E-state index contributed by atoms with van der Waals surface area (Å²) in [6.45, 7) is 0. The molecule has 9 heavy (non-hydrogen) atoms. The summed E-state index contributed by atoms with van der Waals surface area (Å²) in [5.74, 6) is -1.29. The van der Waals surface area contributed by atoms with E-state index in [1.54, 1.807) is 0 Å². The summed E-state index contributed by atoms with van der Waals surface area (Å²) in [4.78, 5) is 9.24. The van der Waals surface area contributed by atoms with E-state index in [0.717, 1.165) is 0 Å². The smallest absolute Gasteiger partial charge is 0.318 e. The van der Waals surface area contributed by atoms with Crippen molar-refractivity contribution < 1.29 is 9.90 Å². The monoisotopic (exact) mass is 170 g/mol. The van der Waals surface area contributed by atoms with Gasteiger partial charge < -0.3 is 16.6 Å². The molecule has 0 radical (unpaired) electrons. The van der Waals surface area contributed by atoms with Crippen LogP contribution in [0.1, 0.15) is 0 Å². The SMILES string of the molecule is NC(N)=S.O=C(O)CCl. The number of thiocarbonyl (C=S) groups is 1. The Morgan fingerprint density at radius 2 is 1.78 bits per heavy atom. The first-order chi connectivity index (χ1) is 4.00. The Hall–Kier alpha value is -0.550. The molecule has 0 rings (SSSR count). The fourth-order valence-electron chi connectivity index (χ4n) is 0. The van der Waals surface area contributed by atoms with E-state index in [1.807, 2.05) is 0 Å². The summed E-state index contributed by atoms with van der Waals surface area (Å²) < 4.78 is 0. The second-order valence-corrected chi connectivity index (χ2v) is 1.67. The van der Waals surface area contributed by atoms with Crippen molar-refractivity contribution in [1.29, 1.82) is 0 Å². The number of carbonyl (C=O) groups is 1. The highest BCUT2D eigenvalue weighted by Gasteiger charge is 1.83. The lowest BCUT2D eigenvalue weighted by Gasteiger charge is -1.69. The zero-order valence-corrected chi connectivity index (χ0v) is 6.08. The van der Waals surface area contributed by atoms with Crippen LogP contribution in [-0.4, -0.2) is 22.1 Å². The molecule has 0 aromatic heterocycles. The van der Waals surface area contributed by atoms with Gasteiger partial charge in [-0.3, -0.25) is 4.79 Å². The lowest BCUT2D eigenvalue weighted by molar-refractivity contribution is -0.134. The molecule has 0 aliphatic heterocycles. The molecule has 0 aliphatic rings. The van der Waals surface area contributed by atoms with E-state index in [0.29, 0.717) is 0 Å². The Kier molecular flexibility index (Phi) is 9.33. The van der Waals surface area contributed by atoms with Gasteiger partial charge in [0, 0.05) is 0 Å². The van der Waals surface area contributed by atoms with E-state index in [4.69, 9.17) is 16.7 Å². The van der Waals surface area contributed by atoms with Gasteiger partial charge in [0.25, 0.3) is 0 Å². The van der Waals surface area contributed by atoms with E-state index in [1.165, 1.54) is 0 Å². The summed E-state index contributed by atoms with van der Waals surface area (Å²) in [5.41, 5.74) is 9.24. The number of carboxylic acids is 1. The van der Waals surface area contributed by atoms with E-state index in [2.05, 4.69) is 23.7 Å². The van der Waals surface area contributed by atoms with Crippen LogP contribution in [0.5, 0.6) is 0 Å². The molecule has 54 valence electrons. The Morgan fingerprint density at radius 3 is 1.78 bits per heavy atom. The summed E-state index contributed by atoms with van der Waals surface area (Å²) in [5, 5.41) is 7.59. The van der Waals surface area contributed by atoms with Crippen molar-refractivity contribution >= 4 is 34.9 Å². The fraction of sp³-hybridized carbons (Fsp3) is 0.333. The van der Waals surface area contributed by atoms with Crippen molar-refractivity contribution in [2.45, 2.75) is 0 Å². The van der Waals surface area contributed by atoms with Gasteiger partial charge in [-0.05, 0) is 12.2 Å². The molecule has 6 heteroatoms. The summed E-state index contributed by atoms with van der Waals surface area (Å²) in [7, 11) is 0. The van der Waals surface area contributed by atoms with Crippen LogP contribution in [0.2, 0.25) is 0 Å². The van der Waals surface area contributed by atoms with Crippen LogP contribution in [0.15, 0.2) is 0 Å². The van der Waals surface area contributed by atoms with Crippen LogP contribution in [0.4, 0.5) is 0 Å². The van der Waals surface area contributed by atoms with Crippen molar-refractivity contribution in [3.63, 3.8) is 0 Å². The lowest BCUT2D eigenvalue weighted by atomic mass is 10.8. The Morgan fingerprint density at radius 1 is 1.67 bits per heavy atom. The minimum absolute atomic E-state index is 0.000000000000000222. The Labute approximate surface area is 62.8 Å². The highest BCUT2D eigenvalue weighted by Crippen LogP contribution is 1.67. The second-order valence-electron chi connectivity index (χ2n) is 0.930. The highest BCUT2D eigenvalue weighted by molar-refractivity contribution is 7.80. The molecule has 5 N–H and O–H groups in total. The molecule has 0 saturated heterocycles. The minimum Gasteiger partial charge on any atom is -0.480 e. The van der Waals surface area contributed by atoms with E-state index < -0.39 is 5.97 Å². The predicted molar refractivity (Wildman–Crippen MR) is 39.3 cm³/mol. The van der Waals surface area contributed by atoms with Crippen LogP contribution in [-0.2, 0) is 4.79 Å². The van der Waals surface area contributed by atoms with Crippen molar-refractivity contribution in [3.8, 4) is 0 Å². The topological polar surface area (TPSA) is 89.3 Å². The van der Waals surface area contributed by atoms with E-state index in [9.17, 15) is 4.79 Å². The van der Waals surface area contributed by atoms with Gasteiger partial charge in [0.05, 0.1) is 0 Å². The molecule has 0 heterocycles. The first-order valence-electron chi connectivity index (χ1n) is 1.83. The number of aliphatic carboxylic acids is 1. The zero-order valence-electron chi connectivity index (χ0n) is 4.50. The first-order valence-corrected chi connectivity index (χ1v) is 2.77. The zero-order chi connectivity index (χ0) is 7.86. The molecule has 0 amide bonds. The molecule has 4 nitrogen and oxygen atoms in total. The first kappa shape index (κ1) is 11.3. The molecule has 0 saturated carbocycles. The summed E-state index contributed by atoms with van der Waals surface area (Å²) in [6.07, 6.45) is 0. The third-order valence-corrected chi connectivity index (χ3v) is 0.343. The van der Waals surface area contributed by atoms with Gasteiger partial charge in [-0.2, -0.15) is 0 Å². The fourth-order valence-corrected chi connectivity index (χ4v) is 0. The molecule has 0 fully saturated rings. The van der Waals surface area contributed by atoms with E-state index >= 15 is 0 Å². The summed E-state index contributed by atoms with van der Waals surface area (Å²) in [6, 6.07) is 0. The highest BCUT2D eigenvalue weighted by atomic mass is 35.5. The van der Waals surface area contributed by atoms with Gasteiger partial charge in [0.15, 0.2) is 5.11 Å². The molecule has 0 atom stereocenters. The van der Waals surface area contributed by atoms with Crippen LogP contribution in [0.3, 0.4) is 0 Å². The number of hydrogen-bond acceptors (Lipinski definition) is 2. The van der Waals surface area contributed by atoms with Crippen molar-refractivity contribution in [3.05, 3.63) is 0 Å². The van der Waals surface area contributed by atoms with Gasteiger partial charge in [0.1, 0.15) is 5.88 Å². The van der Waals surface area contributed by atoms with Crippen LogP contribution in [0.25, 0.3) is 0 Å². The quantitative estimate of drug-likeness (QED) is 0.365. The molecule has 0 aromatic rings. The van der Waals surface area contributed by atoms with Crippen molar-refractivity contribution in [2.75, 3.05) is 5.88 Å². The van der Waals surface area contributed by atoms with Crippen LogP contribution in [0, 0.1) is 0 Å². The van der Waals surface area contributed by atoms with Gasteiger partial charge in [-0.1, -0.05) is 0 Å². The third-order valence-electron chi connectivity index (χ3n) is 0.114. The lowest BCUT2D eigenvalue weighted by Crippen LogP contribution is -2.18. The number of nitrogens with two attached hydrogens (primary N) is 2. The van der Waals surface area contributed by atoms with Gasteiger partial charge in [-0.15, -0.1) is 11.6 Å². The Bertz CT molecular complexity index is 104. The molecule has 0 aromatic carbocycles. The van der Waals surface area contributed by atoms with Crippen molar-refractivity contribution in [2.24, 2.45) is 11.5 Å². The molecule has 0 aliphatic carbocycles. The average molecular weight is 171 g/mol. The normalized spacial score (nSPS) is 6.78.